The third-order valence-electron chi connectivity index (χ3n) is 3.25. The van der Waals surface area contributed by atoms with Crippen LogP contribution in [-0.2, 0) is 4.79 Å². The van der Waals surface area contributed by atoms with E-state index in [4.69, 9.17) is 4.74 Å². The van der Waals surface area contributed by atoms with Gasteiger partial charge in [0.05, 0.1) is 19.1 Å². The Hall–Kier alpha value is -2.60. The molecule has 5 nitrogen and oxygen atoms in total. The summed E-state index contributed by atoms with van der Waals surface area (Å²) in [7, 11) is 1.66. The highest BCUT2D eigenvalue weighted by Gasteiger charge is 2.15. The van der Waals surface area contributed by atoms with Crippen molar-refractivity contribution in [1.82, 2.24) is 5.32 Å². The number of nitrogens with one attached hydrogen (secondary N) is 1. The molecule has 1 saturated heterocycles. The van der Waals surface area contributed by atoms with Gasteiger partial charge in [0.15, 0.2) is 5.17 Å². The number of para-hydroxylation sites is 1. The fraction of sp³-hybridized carbons (Fsp3) is 0.118. The molecule has 2 aromatic rings. The third-order valence-corrected chi connectivity index (χ3v) is 4.11. The highest BCUT2D eigenvalue weighted by atomic mass is 32.2. The van der Waals surface area contributed by atoms with Gasteiger partial charge in [0, 0.05) is 5.56 Å². The zero-order valence-corrected chi connectivity index (χ0v) is 13.3. The van der Waals surface area contributed by atoms with Crippen molar-refractivity contribution in [1.29, 1.82) is 0 Å². The third kappa shape index (κ3) is 3.78. The first-order valence-electron chi connectivity index (χ1n) is 7.03. The Labute approximate surface area is 138 Å². The number of amides is 1. The van der Waals surface area contributed by atoms with Crippen LogP contribution in [0.3, 0.4) is 0 Å². The summed E-state index contributed by atoms with van der Waals surface area (Å²) in [5.74, 6) is 1.19. The van der Waals surface area contributed by atoms with E-state index < -0.39 is 0 Å². The lowest BCUT2D eigenvalue weighted by Crippen LogP contribution is -2.19. The molecule has 0 saturated carbocycles. The predicted molar refractivity (Wildman–Crippen MR) is 94.1 cm³/mol. The van der Waals surface area contributed by atoms with Gasteiger partial charge in [-0.05, 0) is 23.3 Å². The van der Waals surface area contributed by atoms with E-state index in [-0.39, 0.29) is 5.91 Å². The largest absolute Gasteiger partial charge is 0.496 e. The second-order valence-electron chi connectivity index (χ2n) is 4.81. The summed E-state index contributed by atoms with van der Waals surface area (Å²) in [4.78, 5) is 11.1. The maximum Gasteiger partial charge on any atom is 0.236 e. The van der Waals surface area contributed by atoms with Crippen LogP contribution in [0.2, 0.25) is 0 Å². The zero-order chi connectivity index (χ0) is 16.1. The molecule has 1 fully saturated rings. The Bertz CT molecular complexity index is 787. The maximum absolute atomic E-state index is 11.1. The van der Waals surface area contributed by atoms with Crippen LogP contribution < -0.4 is 10.1 Å². The molecule has 116 valence electrons. The molecule has 1 aliphatic rings. The van der Waals surface area contributed by atoms with Crippen LogP contribution in [0.15, 0.2) is 58.7 Å². The van der Waals surface area contributed by atoms with Crippen LogP contribution in [0.25, 0.3) is 11.1 Å². The van der Waals surface area contributed by atoms with Gasteiger partial charge in [-0.1, -0.05) is 48.2 Å². The van der Waals surface area contributed by atoms with Crippen molar-refractivity contribution in [2.24, 2.45) is 10.2 Å². The molecule has 0 unspecified atom stereocenters. The highest BCUT2D eigenvalue weighted by molar-refractivity contribution is 8.15. The van der Waals surface area contributed by atoms with E-state index in [0.29, 0.717) is 10.9 Å². The van der Waals surface area contributed by atoms with Gasteiger partial charge in [0.2, 0.25) is 5.91 Å². The summed E-state index contributed by atoms with van der Waals surface area (Å²) in [6, 6.07) is 15.8. The Kier molecular flexibility index (Phi) is 4.73. The molecule has 1 aliphatic heterocycles. The van der Waals surface area contributed by atoms with Crippen molar-refractivity contribution in [3.8, 4) is 16.9 Å². The fourth-order valence-corrected chi connectivity index (χ4v) is 2.83. The van der Waals surface area contributed by atoms with Crippen LogP contribution in [0.5, 0.6) is 5.75 Å². The fourth-order valence-electron chi connectivity index (χ4n) is 2.20. The number of rotatable bonds is 4. The van der Waals surface area contributed by atoms with Crippen molar-refractivity contribution in [2.45, 2.75) is 0 Å². The van der Waals surface area contributed by atoms with E-state index in [0.717, 1.165) is 22.4 Å². The number of hydrogen-bond acceptors (Lipinski definition) is 5. The van der Waals surface area contributed by atoms with Gasteiger partial charge in [0.25, 0.3) is 0 Å². The van der Waals surface area contributed by atoms with Crippen molar-refractivity contribution < 1.29 is 9.53 Å². The van der Waals surface area contributed by atoms with Crippen LogP contribution in [-0.4, -0.2) is 30.2 Å². The van der Waals surface area contributed by atoms with E-state index in [2.05, 4.69) is 15.5 Å². The summed E-state index contributed by atoms with van der Waals surface area (Å²) in [6.07, 6.45) is 1.66. The molecule has 1 amide bonds. The first-order chi connectivity index (χ1) is 11.3. The number of carbonyl (C=O) groups is 1. The van der Waals surface area contributed by atoms with Crippen molar-refractivity contribution in [3.05, 3.63) is 54.1 Å². The van der Waals surface area contributed by atoms with E-state index >= 15 is 0 Å². The molecule has 3 rings (SSSR count). The Balaban J connectivity index is 1.81. The standard InChI is InChI=1S/C17H15N3O2S/c1-22-15-8-3-2-7-14(15)13-6-4-5-12(9-13)10-18-20-17-19-16(21)11-23-17/h2-10H,11H2,1H3,(H,19,20,21). The maximum atomic E-state index is 11.1. The van der Waals surface area contributed by atoms with Crippen LogP contribution in [0, 0.1) is 0 Å². The molecule has 0 aliphatic carbocycles. The number of ether oxygens (including phenoxy) is 1. The molecule has 1 N–H and O–H groups in total. The van der Waals surface area contributed by atoms with Crippen LogP contribution >= 0.6 is 11.8 Å². The van der Waals surface area contributed by atoms with Gasteiger partial charge < -0.3 is 10.1 Å². The molecule has 1 heterocycles. The van der Waals surface area contributed by atoms with E-state index in [1.807, 2.05) is 48.5 Å². The number of benzene rings is 2. The molecular formula is C17H15N3O2S. The van der Waals surface area contributed by atoms with Gasteiger partial charge in [-0.25, -0.2) is 0 Å². The number of amidine groups is 1. The smallest absolute Gasteiger partial charge is 0.236 e. The highest BCUT2D eigenvalue weighted by Crippen LogP contribution is 2.29. The van der Waals surface area contributed by atoms with Crippen LogP contribution in [0.4, 0.5) is 0 Å². The van der Waals surface area contributed by atoms with Crippen molar-refractivity contribution >= 4 is 29.1 Å². The minimum absolute atomic E-state index is 0.0397. The predicted octanol–water partition coefficient (Wildman–Crippen LogP) is 2.92. The summed E-state index contributed by atoms with van der Waals surface area (Å²) in [5.41, 5.74) is 2.99. The molecule has 0 radical (unpaired) electrons. The van der Waals surface area contributed by atoms with Gasteiger partial charge in [-0.15, -0.1) is 5.10 Å². The summed E-state index contributed by atoms with van der Waals surface area (Å²) >= 11 is 1.35. The molecule has 23 heavy (non-hydrogen) atoms. The number of carbonyl (C=O) groups excluding carboxylic acids is 1. The summed E-state index contributed by atoms with van der Waals surface area (Å²) in [6.45, 7) is 0. The van der Waals surface area contributed by atoms with E-state index in [1.54, 1.807) is 13.3 Å². The normalized spacial score (nSPS) is 16.0. The number of methoxy groups -OCH3 is 1. The molecule has 0 spiro atoms. The molecule has 6 heteroatoms. The SMILES string of the molecule is COc1ccccc1-c1cccc(C=NN=C2NC(=O)CS2)c1. The molecular weight excluding hydrogens is 310 g/mol. The molecule has 0 bridgehead atoms. The van der Waals surface area contributed by atoms with Gasteiger partial charge in [-0.3, -0.25) is 4.79 Å². The quantitative estimate of drug-likeness (QED) is 0.694. The lowest BCUT2D eigenvalue weighted by molar-refractivity contribution is -0.116. The van der Waals surface area contributed by atoms with Gasteiger partial charge >= 0.3 is 0 Å². The Morgan fingerprint density at radius 1 is 1.22 bits per heavy atom. The minimum Gasteiger partial charge on any atom is -0.496 e. The first-order valence-corrected chi connectivity index (χ1v) is 8.02. The second-order valence-corrected chi connectivity index (χ2v) is 5.78. The van der Waals surface area contributed by atoms with Gasteiger partial charge in [-0.2, -0.15) is 5.10 Å². The number of nitrogens with zero attached hydrogens (tertiary/aromatic N) is 2. The topological polar surface area (TPSA) is 63.1 Å². The van der Waals surface area contributed by atoms with Crippen LogP contribution in [0.1, 0.15) is 5.56 Å². The summed E-state index contributed by atoms with van der Waals surface area (Å²) in [5, 5.41) is 11.2. The first kappa shape index (κ1) is 15.3. The van der Waals surface area contributed by atoms with Crippen molar-refractivity contribution in [2.75, 3.05) is 12.9 Å². The van der Waals surface area contributed by atoms with E-state index in [9.17, 15) is 4.79 Å². The molecule has 0 atom stereocenters. The zero-order valence-electron chi connectivity index (χ0n) is 12.5. The minimum atomic E-state index is -0.0397. The van der Waals surface area contributed by atoms with Crippen molar-refractivity contribution in [3.63, 3.8) is 0 Å². The lowest BCUT2D eigenvalue weighted by atomic mass is 10.0. The second kappa shape index (κ2) is 7.11. The average molecular weight is 325 g/mol. The molecule has 0 aromatic heterocycles. The average Bonchev–Trinajstić information content (AvgIpc) is 3.00. The Morgan fingerprint density at radius 2 is 2.09 bits per heavy atom. The number of thioether (sulfide) groups is 1. The monoisotopic (exact) mass is 325 g/mol. The lowest BCUT2D eigenvalue weighted by Gasteiger charge is -2.08. The molecule has 2 aromatic carbocycles. The van der Waals surface area contributed by atoms with Gasteiger partial charge in [0.1, 0.15) is 5.75 Å². The number of hydrogen-bond donors (Lipinski definition) is 1. The van der Waals surface area contributed by atoms with E-state index in [1.165, 1.54) is 11.8 Å². The summed E-state index contributed by atoms with van der Waals surface area (Å²) < 4.78 is 5.40. The Morgan fingerprint density at radius 3 is 2.87 bits per heavy atom.